The molecule has 1 fully saturated rings. The third-order valence-corrected chi connectivity index (χ3v) is 2.77. The van der Waals surface area contributed by atoms with Gasteiger partial charge >= 0.3 is 0 Å². The zero-order valence-electron chi connectivity index (χ0n) is 8.77. The molecule has 3 nitrogen and oxygen atoms in total. The first-order chi connectivity index (χ1) is 7.27. The monoisotopic (exact) mass is 205 g/mol. The highest BCUT2D eigenvalue weighted by molar-refractivity contribution is 5.94. The van der Waals surface area contributed by atoms with Gasteiger partial charge in [-0.1, -0.05) is 18.2 Å². The van der Waals surface area contributed by atoms with Crippen LogP contribution in [0.2, 0.25) is 0 Å². The van der Waals surface area contributed by atoms with Crippen molar-refractivity contribution in [1.29, 1.82) is 0 Å². The van der Waals surface area contributed by atoms with Crippen molar-refractivity contribution < 1.29 is 9.53 Å². The smallest absolute Gasteiger partial charge is 0.251 e. The van der Waals surface area contributed by atoms with E-state index >= 15 is 0 Å². The van der Waals surface area contributed by atoms with Crippen molar-refractivity contribution in [1.82, 2.24) is 5.32 Å². The molecule has 15 heavy (non-hydrogen) atoms. The van der Waals surface area contributed by atoms with Crippen LogP contribution in [0.25, 0.3) is 0 Å². The first kappa shape index (κ1) is 10.2. The number of rotatable bonds is 3. The lowest BCUT2D eigenvalue weighted by Gasteiger charge is -2.31. The number of ether oxygens (including phenoxy) is 1. The molecule has 0 spiro atoms. The summed E-state index contributed by atoms with van der Waals surface area (Å²) >= 11 is 0. The Balaban J connectivity index is 1.91. The molecule has 2 rings (SSSR count). The van der Waals surface area contributed by atoms with E-state index in [4.69, 9.17) is 4.74 Å². The minimum atomic E-state index is -0.00463. The van der Waals surface area contributed by atoms with Gasteiger partial charge in [0.2, 0.25) is 0 Å². The lowest BCUT2D eigenvalue weighted by molar-refractivity contribution is -0.0453. The van der Waals surface area contributed by atoms with Crippen molar-refractivity contribution in [3.8, 4) is 0 Å². The number of hydrogen-bond acceptors (Lipinski definition) is 2. The molecule has 1 saturated heterocycles. The number of carbonyl (C=O) groups is 1. The SMILES string of the molecule is CC(NC(=O)c1ccccc1)C1COC1. The van der Waals surface area contributed by atoms with Gasteiger partial charge in [0.25, 0.3) is 5.91 Å². The van der Waals surface area contributed by atoms with Crippen molar-refractivity contribution in [3.63, 3.8) is 0 Å². The Kier molecular flexibility index (Phi) is 3.02. The summed E-state index contributed by atoms with van der Waals surface area (Å²) in [4.78, 5) is 11.7. The van der Waals surface area contributed by atoms with Crippen LogP contribution in [0, 0.1) is 5.92 Å². The van der Waals surface area contributed by atoms with E-state index < -0.39 is 0 Å². The van der Waals surface area contributed by atoms with Crippen LogP contribution in [0.3, 0.4) is 0 Å². The summed E-state index contributed by atoms with van der Waals surface area (Å²) in [6.07, 6.45) is 0. The molecule has 0 bridgehead atoms. The van der Waals surface area contributed by atoms with Gasteiger partial charge in [-0.3, -0.25) is 4.79 Å². The molecule has 1 heterocycles. The zero-order valence-corrected chi connectivity index (χ0v) is 8.77. The van der Waals surface area contributed by atoms with Crippen molar-refractivity contribution in [2.45, 2.75) is 13.0 Å². The van der Waals surface area contributed by atoms with Crippen LogP contribution in [0.1, 0.15) is 17.3 Å². The zero-order chi connectivity index (χ0) is 10.7. The molecule has 1 unspecified atom stereocenters. The molecule has 1 aliphatic rings. The van der Waals surface area contributed by atoms with Crippen LogP contribution >= 0.6 is 0 Å². The standard InChI is InChI=1S/C12H15NO2/c1-9(11-7-15-8-11)13-12(14)10-5-3-2-4-6-10/h2-6,9,11H,7-8H2,1H3,(H,13,14). The second kappa shape index (κ2) is 4.45. The van der Waals surface area contributed by atoms with Crippen LogP contribution < -0.4 is 5.32 Å². The molecule has 80 valence electrons. The third kappa shape index (κ3) is 2.36. The normalized spacial score (nSPS) is 17.9. The maximum atomic E-state index is 11.7. The molecule has 1 atom stereocenters. The summed E-state index contributed by atoms with van der Waals surface area (Å²) in [5.41, 5.74) is 0.713. The number of nitrogens with one attached hydrogen (secondary N) is 1. The predicted molar refractivity (Wildman–Crippen MR) is 57.7 cm³/mol. The first-order valence-corrected chi connectivity index (χ1v) is 5.21. The molecular weight excluding hydrogens is 190 g/mol. The van der Waals surface area contributed by atoms with Crippen LogP contribution in [-0.4, -0.2) is 25.2 Å². The summed E-state index contributed by atoms with van der Waals surface area (Å²) in [7, 11) is 0. The van der Waals surface area contributed by atoms with E-state index in [9.17, 15) is 4.79 Å². The van der Waals surface area contributed by atoms with E-state index in [0.29, 0.717) is 11.5 Å². The van der Waals surface area contributed by atoms with E-state index in [1.54, 1.807) is 0 Å². The molecule has 0 aliphatic carbocycles. The Morgan fingerprint density at radius 1 is 1.40 bits per heavy atom. The van der Waals surface area contributed by atoms with Gasteiger partial charge in [-0.2, -0.15) is 0 Å². The largest absolute Gasteiger partial charge is 0.381 e. The molecular formula is C12H15NO2. The average Bonchev–Trinajstić information content (AvgIpc) is 2.16. The lowest BCUT2D eigenvalue weighted by atomic mass is 9.99. The molecule has 0 radical (unpaired) electrons. The van der Waals surface area contributed by atoms with Crippen LogP contribution in [0.4, 0.5) is 0 Å². The molecule has 1 amide bonds. The van der Waals surface area contributed by atoms with E-state index in [0.717, 1.165) is 13.2 Å². The maximum Gasteiger partial charge on any atom is 0.251 e. The molecule has 0 saturated carbocycles. The van der Waals surface area contributed by atoms with Gasteiger partial charge in [0.05, 0.1) is 13.2 Å². The second-order valence-corrected chi connectivity index (χ2v) is 3.93. The highest BCUT2D eigenvalue weighted by Crippen LogP contribution is 2.14. The van der Waals surface area contributed by atoms with E-state index in [1.807, 2.05) is 37.3 Å². The Hall–Kier alpha value is -1.35. The summed E-state index contributed by atoms with van der Waals surface area (Å²) < 4.78 is 5.09. The van der Waals surface area contributed by atoms with Crippen LogP contribution in [-0.2, 0) is 4.74 Å². The molecule has 0 aromatic heterocycles. The fourth-order valence-electron chi connectivity index (χ4n) is 1.54. The summed E-state index contributed by atoms with van der Waals surface area (Å²) in [6.45, 7) is 3.54. The second-order valence-electron chi connectivity index (χ2n) is 3.93. The van der Waals surface area contributed by atoms with E-state index in [1.165, 1.54) is 0 Å². The molecule has 1 N–H and O–H groups in total. The van der Waals surface area contributed by atoms with Gasteiger partial charge < -0.3 is 10.1 Å². The van der Waals surface area contributed by atoms with Gasteiger partial charge in [0.1, 0.15) is 0 Å². The number of carbonyl (C=O) groups excluding carboxylic acids is 1. The highest BCUT2D eigenvalue weighted by Gasteiger charge is 2.26. The third-order valence-electron chi connectivity index (χ3n) is 2.77. The number of hydrogen-bond donors (Lipinski definition) is 1. The van der Waals surface area contributed by atoms with E-state index in [-0.39, 0.29) is 11.9 Å². The maximum absolute atomic E-state index is 11.7. The van der Waals surface area contributed by atoms with E-state index in [2.05, 4.69) is 5.32 Å². The first-order valence-electron chi connectivity index (χ1n) is 5.21. The van der Waals surface area contributed by atoms with Gasteiger partial charge in [0, 0.05) is 17.5 Å². The Labute approximate surface area is 89.4 Å². The Morgan fingerprint density at radius 3 is 2.60 bits per heavy atom. The fourth-order valence-corrected chi connectivity index (χ4v) is 1.54. The van der Waals surface area contributed by atoms with Crippen LogP contribution in [0.15, 0.2) is 30.3 Å². The Bertz CT molecular complexity index is 333. The molecule has 3 heteroatoms. The summed E-state index contributed by atoms with van der Waals surface area (Å²) in [6, 6.07) is 9.46. The predicted octanol–water partition coefficient (Wildman–Crippen LogP) is 1.45. The fraction of sp³-hybridized carbons (Fsp3) is 0.417. The van der Waals surface area contributed by atoms with Crippen molar-refractivity contribution >= 4 is 5.91 Å². The van der Waals surface area contributed by atoms with Gasteiger partial charge in [-0.15, -0.1) is 0 Å². The quantitative estimate of drug-likeness (QED) is 0.811. The average molecular weight is 205 g/mol. The highest BCUT2D eigenvalue weighted by atomic mass is 16.5. The minimum absolute atomic E-state index is 0.00463. The molecule has 1 aromatic carbocycles. The lowest BCUT2D eigenvalue weighted by Crippen LogP contribution is -2.46. The summed E-state index contributed by atoms with van der Waals surface area (Å²) in [5.74, 6) is 0.465. The van der Waals surface area contributed by atoms with Crippen molar-refractivity contribution in [3.05, 3.63) is 35.9 Å². The van der Waals surface area contributed by atoms with Crippen LogP contribution in [0.5, 0.6) is 0 Å². The number of amides is 1. The Morgan fingerprint density at radius 2 is 2.07 bits per heavy atom. The van der Waals surface area contributed by atoms with Crippen molar-refractivity contribution in [2.75, 3.05) is 13.2 Å². The molecule has 1 aromatic rings. The van der Waals surface area contributed by atoms with Gasteiger partial charge in [0.15, 0.2) is 0 Å². The number of benzene rings is 1. The topological polar surface area (TPSA) is 38.3 Å². The van der Waals surface area contributed by atoms with Crippen molar-refractivity contribution in [2.24, 2.45) is 5.92 Å². The summed E-state index contributed by atoms with van der Waals surface area (Å²) in [5, 5.41) is 2.98. The molecule has 1 aliphatic heterocycles. The van der Waals surface area contributed by atoms with Gasteiger partial charge in [-0.05, 0) is 19.1 Å². The minimum Gasteiger partial charge on any atom is -0.381 e. The van der Waals surface area contributed by atoms with Gasteiger partial charge in [-0.25, -0.2) is 0 Å².